The predicted octanol–water partition coefficient (Wildman–Crippen LogP) is 2.85. The van der Waals surface area contributed by atoms with Gasteiger partial charge in [0.1, 0.15) is 5.60 Å². The minimum Gasteiger partial charge on any atom is -0.444 e. The summed E-state index contributed by atoms with van der Waals surface area (Å²) in [5.41, 5.74) is -0.586. The highest BCUT2D eigenvalue weighted by molar-refractivity contribution is 5.69. The van der Waals surface area contributed by atoms with E-state index in [-0.39, 0.29) is 17.9 Å². The summed E-state index contributed by atoms with van der Waals surface area (Å²) >= 11 is 0. The molecule has 0 aromatic rings. The van der Waals surface area contributed by atoms with Crippen LogP contribution >= 0.6 is 0 Å². The maximum Gasteiger partial charge on any atom is 0.408 e. The third kappa shape index (κ3) is 5.16. The second kappa shape index (κ2) is 7.31. The van der Waals surface area contributed by atoms with Crippen LogP contribution < -0.4 is 5.32 Å². The molecule has 1 rings (SSSR count). The van der Waals surface area contributed by atoms with Gasteiger partial charge >= 0.3 is 12.1 Å². The van der Waals surface area contributed by atoms with Crippen molar-refractivity contribution < 1.29 is 23.8 Å². The van der Waals surface area contributed by atoms with Gasteiger partial charge in [-0.15, -0.1) is 0 Å². The molecule has 1 heterocycles. The number of hydrogen-bond acceptors (Lipinski definition) is 5. The first-order chi connectivity index (χ1) is 10.0. The number of nitrogens with one attached hydrogen (secondary N) is 1. The fraction of sp³-hybridized carbons (Fsp3) is 0.875. The minimum atomic E-state index is -0.791. The van der Waals surface area contributed by atoms with Crippen molar-refractivity contribution in [1.82, 2.24) is 5.32 Å². The number of carbonyl (C=O) groups is 2. The lowest BCUT2D eigenvalue weighted by Crippen LogP contribution is -2.58. The maximum absolute atomic E-state index is 12.0. The SMILES string of the molecule is CCC1OC(OC(C)=O)C(NC(=O)OC(C)(C)C)[C@@H](C)[C@@H]1C. The fourth-order valence-corrected chi connectivity index (χ4v) is 2.67. The molecule has 0 aliphatic carbocycles. The number of hydrogen-bond donors (Lipinski definition) is 1. The Hall–Kier alpha value is -1.30. The van der Waals surface area contributed by atoms with E-state index in [1.807, 2.05) is 13.8 Å². The average molecular weight is 315 g/mol. The van der Waals surface area contributed by atoms with Crippen LogP contribution in [0.4, 0.5) is 4.79 Å². The molecule has 1 N–H and O–H groups in total. The van der Waals surface area contributed by atoms with Crippen molar-refractivity contribution in [2.75, 3.05) is 0 Å². The van der Waals surface area contributed by atoms with Crippen molar-refractivity contribution in [3.05, 3.63) is 0 Å². The molecular weight excluding hydrogens is 286 g/mol. The van der Waals surface area contributed by atoms with Gasteiger partial charge in [0.15, 0.2) is 0 Å². The summed E-state index contributed by atoms with van der Waals surface area (Å²) in [6, 6.07) is -0.434. The van der Waals surface area contributed by atoms with Crippen LogP contribution in [0.1, 0.15) is 54.9 Å². The van der Waals surface area contributed by atoms with Crippen LogP contribution in [0.25, 0.3) is 0 Å². The lowest BCUT2D eigenvalue weighted by molar-refractivity contribution is -0.230. The van der Waals surface area contributed by atoms with Gasteiger partial charge in [0.25, 0.3) is 0 Å². The van der Waals surface area contributed by atoms with Crippen molar-refractivity contribution in [3.63, 3.8) is 0 Å². The molecule has 1 fully saturated rings. The third-order valence-electron chi connectivity index (χ3n) is 3.95. The summed E-state index contributed by atoms with van der Waals surface area (Å²) in [5.74, 6) is -0.107. The van der Waals surface area contributed by atoms with Gasteiger partial charge in [-0.3, -0.25) is 4.79 Å². The highest BCUT2D eigenvalue weighted by Crippen LogP contribution is 2.33. The quantitative estimate of drug-likeness (QED) is 0.811. The summed E-state index contributed by atoms with van der Waals surface area (Å²) in [4.78, 5) is 23.3. The summed E-state index contributed by atoms with van der Waals surface area (Å²) in [7, 11) is 0. The fourth-order valence-electron chi connectivity index (χ4n) is 2.67. The van der Waals surface area contributed by atoms with Gasteiger partial charge in [-0.05, 0) is 39.0 Å². The normalized spacial score (nSPS) is 32.2. The zero-order valence-electron chi connectivity index (χ0n) is 14.6. The smallest absolute Gasteiger partial charge is 0.408 e. The first kappa shape index (κ1) is 18.7. The number of amides is 1. The number of alkyl carbamates (subject to hydrolysis) is 1. The molecule has 3 unspecified atom stereocenters. The number of carbonyl (C=O) groups excluding carboxylic acids is 2. The van der Waals surface area contributed by atoms with Crippen molar-refractivity contribution in [3.8, 4) is 0 Å². The van der Waals surface area contributed by atoms with E-state index in [0.29, 0.717) is 0 Å². The largest absolute Gasteiger partial charge is 0.444 e. The van der Waals surface area contributed by atoms with E-state index in [9.17, 15) is 9.59 Å². The summed E-state index contributed by atoms with van der Waals surface area (Å²) < 4.78 is 16.4. The molecule has 0 aromatic heterocycles. The molecule has 0 saturated carbocycles. The van der Waals surface area contributed by atoms with Crippen LogP contribution in [0.2, 0.25) is 0 Å². The number of rotatable bonds is 3. The highest BCUT2D eigenvalue weighted by atomic mass is 16.7. The van der Waals surface area contributed by atoms with Crippen molar-refractivity contribution in [2.45, 2.75) is 78.9 Å². The molecule has 5 atom stereocenters. The monoisotopic (exact) mass is 315 g/mol. The first-order valence-electron chi connectivity index (χ1n) is 7.87. The van der Waals surface area contributed by atoms with Gasteiger partial charge < -0.3 is 19.5 Å². The molecule has 1 aliphatic rings. The average Bonchev–Trinajstić information content (AvgIpc) is 2.35. The van der Waals surface area contributed by atoms with Gasteiger partial charge in [0, 0.05) is 6.92 Å². The lowest BCUT2D eigenvalue weighted by Gasteiger charge is -2.44. The summed E-state index contributed by atoms with van der Waals surface area (Å²) in [6.45, 7) is 12.9. The Morgan fingerprint density at radius 3 is 2.23 bits per heavy atom. The van der Waals surface area contributed by atoms with E-state index in [4.69, 9.17) is 14.2 Å². The van der Waals surface area contributed by atoms with Crippen LogP contribution in [0.5, 0.6) is 0 Å². The Morgan fingerprint density at radius 1 is 1.18 bits per heavy atom. The molecule has 22 heavy (non-hydrogen) atoms. The van der Waals surface area contributed by atoms with Gasteiger partial charge in [-0.2, -0.15) is 0 Å². The van der Waals surface area contributed by atoms with Gasteiger partial charge in [-0.1, -0.05) is 20.8 Å². The third-order valence-corrected chi connectivity index (χ3v) is 3.95. The molecule has 0 spiro atoms. The van der Waals surface area contributed by atoms with Crippen LogP contribution in [-0.2, 0) is 19.0 Å². The minimum absolute atomic E-state index is 0.00367. The second-order valence-corrected chi connectivity index (χ2v) is 6.95. The zero-order chi connectivity index (χ0) is 17.1. The maximum atomic E-state index is 12.0. The van der Waals surface area contributed by atoms with Gasteiger partial charge in [0.05, 0.1) is 12.1 Å². The van der Waals surface area contributed by atoms with E-state index in [0.717, 1.165) is 6.42 Å². The summed E-state index contributed by atoms with van der Waals surface area (Å²) in [6.07, 6.45) is -0.507. The molecule has 1 aliphatic heterocycles. The van der Waals surface area contributed by atoms with Crippen molar-refractivity contribution >= 4 is 12.1 Å². The first-order valence-corrected chi connectivity index (χ1v) is 7.87. The Kier molecular flexibility index (Phi) is 6.23. The van der Waals surface area contributed by atoms with Gasteiger partial charge in [-0.25, -0.2) is 4.79 Å². The van der Waals surface area contributed by atoms with Crippen LogP contribution in [0.3, 0.4) is 0 Å². The Labute approximate surface area is 132 Å². The van der Waals surface area contributed by atoms with Crippen molar-refractivity contribution in [1.29, 1.82) is 0 Å². The second-order valence-electron chi connectivity index (χ2n) is 6.95. The van der Waals surface area contributed by atoms with Gasteiger partial charge in [0.2, 0.25) is 6.29 Å². The molecule has 1 saturated heterocycles. The predicted molar refractivity (Wildman–Crippen MR) is 82.2 cm³/mol. The molecule has 0 radical (unpaired) electrons. The highest BCUT2D eigenvalue weighted by Gasteiger charge is 2.43. The Balaban J connectivity index is 2.85. The molecule has 6 nitrogen and oxygen atoms in total. The van der Waals surface area contributed by atoms with Crippen LogP contribution in [0.15, 0.2) is 0 Å². The van der Waals surface area contributed by atoms with E-state index in [2.05, 4.69) is 12.2 Å². The number of esters is 1. The Bertz CT molecular complexity index is 404. The molecule has 128 valence electrons. The van der Waals surface area contributed by atoms with E-state index < -0.39 is 30.0 Å². The van der Waals surface area contributed by atoms with Crippen molar-refractivity contribution in [2.24, 2.45) is 11.8 Å². The lowest BCUT2D eigenvalue weighted by atomic mass is 9.81. The van der Waals surface area contributed by atoms with E-state index in [1.54, 1.807) is 20.8 Å². The topological polar surface area (TPSA) is 73.9 Å². The standard InChI is InChI=1S/C16H29NO5/c1-8-12-9(2)10(3)13(14(21-12)20-11(4)18)17-15(19)22-16(5,6)7/h9-10,12-14H,8H2,1-7H3,(H,17,19)/t9-,10-,12?,13?,14?/m0/s1. The number of ether oxygens (including phenoxy) is 3. The zero-order valence-corrected chi connectivity index (χ0v) is 14.6. The Morgan fingerprint density at radius 2 is 1.77 bits per heavy atom. The molecule has 0 aromatic carbocycles. The van der Waals surface area contributed by atoms with E-state index >= 15 is 0 Å². The van der Waals surface area contributed by atoms with E-state index in [1.165, 1.54) is 6.92 Å². The molecule has 1 amide bonds. The summed E-state index contributed by atoms with van der Waals surface area (Å²) in [5, 5.41) is 2.79. The molecule has 6 heteroatoms. The van der Waals surface area contributed by atoms with Crippen LogP contribution in [-0.4, -0.2) is 36.1 Å². The van der Waals surface area contributed by atoms with Crippen LogP contribution in [0, 0.1) is 11.8 Å². The molecular formula is C16H29NO5. The molecule has 0 bridgehead atoms.